The van der Waals surface area contributed by atoms with E-state index in [-0.39, 0.29) is 0 Å². The maximum absolute atomic E-state index is 4.55. The molecule has 4 heteroatoms. The quantitative estimate of drug-likeness (QED) is 0.944. The average molecular weight is 308 g/mol. The average Bonchev–Trinajstić information content (AvgIpc) is 2.59. The Labute approximate surface area is 116 Å². The smallest absolute Gasteiger partial charge is 0.0910 e. The maximum atomic E-state index is 4.55. The van der Waals surface area contributed by atoms with Crippen molar-refractivity contribution in [3.63, 3.8) is 0 Å². The molecule has 2 rings (SSSR count). The fraction of sp³-hybridized carbons (Fsp3) is 0.357. The molecular formula is C14H18BrN3. The molecule has 0 unspecified atom stereocenters. The van der Waals surface area contributed by atoms with E-state index in [4.69, 9.17) is 0 Å². The van der Waals surface area contributed by atoms with E-state index in [1.165, 1.54) is 16.7 Å². The van der Waals surface area contributed by atoms with Gasteiger partial charge in [0.25, 0.3) is 0 Å². The number of hydrogen-bond acceptors (Lipinski definition) is 2. The molecule has 0 amide bonds. The number of nitrogens with one attached hydrogen (secondary N) is 1. The van der Waals surface area contributed by atoms with Crippen molar-refractivity contribution in [2.45, 2.75) is 20.4 Å². The Hall–Kier alpha value is -1.13. The van der Waals surface area contributed by atoms with Crippen molar-refractivity contribution in [1.82, 2.24) is 15.1 Å². The lowest BCUT2D eigenvalue weighted by molar-refractivity contribution is 0.715. The lowest BCUT2D eigenvalue weighted by Crippen LogP contribution is -2.06. The first kappa shape index (κ1) is 13.3. The number of benzene rings is 1. The highest BCUT2D eigenvalue weighted by Crippen LogP contribution is 2.33. The zero-order chi connectivity index (χ0) is 13.3. The number of aryl methyl sites for hydroxylation is 3. The van der Waals surface area contributed by atoms with Crippen molar-refractivity contribution in [3.05, 3.63) is 39.5 Å². The standard InChI is InChI=1S/C14H18BrN3/c1-9-5-6-10(2)11(7-9)14-13(15)12(8-16-3)17-18(14)4/h5-7,16H,8H2,1-4H3. The molecule has 0 aliphatic rings. The molecule has 3 nitrogen and oxygen atoms in total. The molecule has 1 heterocycles. The molecular weight excluding hydrogens is 290 g/mol. The van der Waals surface area contributed by atoms with Crippen LogP contribution in [0.1, 0.15) is 16.8 Å². The van der Waals surface area contributed by atoms with Gasteiger partial charge in [0, 0.05) is 19.2 Å². The fourth-order valence-electron chi connectivity index (χ4n) is 2.12. The Morgan fingerprint density at radius 1 is 1.33 bits per heavy atom. The molecule has 96 valence electrons. The lowest BCUT2D eigenvalue weighted by Gasteiger charge is -2.08. The van der Waals surface area contributed by atoms with Crippen LogP contribution in [0.5, 0.6) is 0 Å². The second-order valence-corrected chi connectivity index (χ2v) is 5.37. The molecule has 0 saturated heterocycles. The third kappa shape index (κ3) is 2.35. The summed E-state index contributed by atoms with van der Waals surface area (Å²) in [7, 11) is 3.92. The summed E-state index contributed by atoms with van der Waals surface area (Å²) in [5.41, 5.74) is 5.94. The van der Waals surface area contributed by atoms with Crippen molar-refractivity contribution in [2.75, 3.05) is 7.05 Å². The molecule has 0 atom stereocenters. The second-order valence-electron chi connectivity index (χ2n) is 4.58. The van der Waals surface area contributed by atoms with Gasteiger partial charge in [-0.2, -0.15) is 5.10 Å². The van der Waals surface area contributed by atoms with Gasteiger partial charge in [-0.25, -0.2) is 0 Å². The highest BCUT2D eigenvalue weighted by Gasteiger charge is 2.16. The summed E-state index contributed by atoms with van der Waals surface area (Å²) in [5.74, 6) is 0. The molecule has 1 N–H and O–H groups in total. The Morgan fingerprint density at radius 2 is 2.06 bits per heavy atom. The highest BCUT2D eigenvalue weighted by molar-refractivity contribution is 9.10. The number of nitrogens with zero attached hydrogens (tertiary/aromatic N) is 2. The highest BCUT2D eigenvalue weighted by atomic mass is 79.9. The van der Waals surface area contributed by atoms with Crippen LogP contribution in [0.4, 0.5) is 0 Å². The van der Waals surface area contributed by atoms with Crippen LogP contribution in [0.15, 0.2) is 22.7 Å². The minimum Gasteiger partial charge on any atom is -0.314 e. The molecule has 0 spiro atoms. The minimum absolute atomic E-state index is 0.763. The zero-order valence-corrected chi connectivity index (χ0v) is 12.8. The van der Waals surface area contributed by atoms with Crippen molar-refractivity contribution in [3.8, 4) is 11.3 Å². The molecule has 2 aromatic rings. The van der Waals surface area contributed by atoms with E-state index < -0.39 is 0 Å². The number of aromatic nitrogens is 2. The van der Waals surface area contributed by atoms with Gasteiger partial charge in [0.1, 0.15) is 0 Å². The van der Waals surface area contributed by atoms with E-state index in [1.54, 1.807) is 0 Å². The Kier molecular flexibility index (Phi) is 3.88. The van der Waals surface area contributed by atoms with E-state index in [0.717, 1.165) is 22.4 Å². The van der Waals surface area contributed by atoms with Gasteiger partial charge in [-0.1, -0.05) is 17.7 Å². The monoisotopic (exact) mass is 307 g/mol. The summed E-state index contributed by atoms with van der Waals surface area (Å²) >= 11 is 3.68. The largest absolute Gasteiger partial charge is 0.314 e. The fourth-order valence-corrected chi connectivity index (χ4v) is 2.81. The molecule has 0 aliphatic carbocycles. The van der Waals surface area contributed by atoms with Gasteiger partial charge in [-0.05, 0) is 48.5 Å². The predicted molar refractivity (Wildman–Crippen MR) is 78.6 cm³/mol. The normalized spacial score (nSPS) is 10.9. The van der Waals surface area contributed by atoms with Gasteiger partial charge in [0.05, 0.1) is 15.9 Å². The summed E-state index contributed by atoms with van der Waals surface area (Å²) in [5, 5.41) is 7.69. The molecule has 0 radical (unpaired) electrons. The van der Waals surface area contributed by atoms with E-state index in [1.807, 2.05) is 18.8 Å². The second kappa shape index (κ2) is 5.24. The molecule has 0 bridgehead atoms. The first-order valence-electron chi connectivity index (χ1n) is 5.98. The van der Waals surface area contributed by atoms with Crippen LogP contribution in [-0.4, -0.2) is 16.8 Å². The molecule has 18 heavy (non-hydrogen) atoms. The molecule has 1 aromatic heterocycles. The first-order chi connectivity index (χ1) is 8.54. The third-order valence-corrected chi connectivity index (χ3v) is 3.88. The number of rotatable bonds is 3. The van der Waals surface area contributed by atoms with Crippen LogP contribution in [0.2, 0.25) is 0 Å². The van der Waals surface area contributed by atoms with E-state index >= 15 is 0 Å². The van der Waals surface area contributed by atoms with E-state index in [2.05, 4.69) is 58.4 Å². The van der Waals surface area contributed by atoms with Crippen molar-refractivity contribution in [2.24, 2.45) is 7.05 Å². The van der Waals surface area contributed by atoms with E-state index in [0.29, 0.717) is 0 Å². The van der Waals surface area contributed by atoms with Gasteiger partial charge >= 0.3 is 0 Å². The van der Waals surface area contributed by atoms with Crippen LogP contribution < -0.4 is 5.32 Å². The SMILES string of the molecule is CNCc1nn(C)c(-c2cc(C)ccc2C)c1Br. The van der Waals surface area contributed by atoms with Gasteiger partial charge in [-0.15, -0.1) is 0 Å². The van der Waals surface area contributed by atoms with Gasteiger partial charge in [-0.3, -0.25) is 4.68 Å². The van der Waals surface area contributed by atoms with Crippen LogP contribution in [0, 0.1) is 13.8 Å². The Morgan fingerprint density at radius 3 is 2.72 bits per heavy atom. The molecule has 1 aromatic carbocycles. The molecule has 0 fully saturated rings. The Bertz CT molecular complexity index is 573. The van der Waals surface area contributed by atoms with Crippen molar-refractivity contribution in [1.29, 1.82) is 0 Å². The van der Waals surface area contributed by atoms with Gasteiger partial charge < -0.3 is 5.32 Å². The Balaban J connectivity index is 2.60. The summed E-state index contributed by atoms with van der Waals surface area (Å²) in [4.78, 5) is 0. The summed E-state index contributed by atoms with van der Waals surface area (Å²) < 4.78 is 3.02. The lowest BCUT2D eigenvalue weighted by atomic mass is 10.0. The van der Waals surface area contributed by atoms with Crippen molar-refractivity contribution < 1.29 is 0 Å². The molecule has 0 aliphatic heterocycles. The predicted octanol–water partition coefficient (Wildman–Crippen LogP) is 3.19. The van der Waals surface area contributed by atoms with Crippen LogP contribution in [-0.2, 0) is 13.6 Å². The minimum atomic E-state index is 0.763. The number of halogens is 1. The molecule has 0 saturated carbocycles. The van der Waals surface area contributed by atoms with Gasteiger partial charge in [0.15, 0.2) is 0 Å². The summed E-state index contributed by atoms with van der Waals surface area (Å²) in [6.07, 6.45) is 0. The van der Waals surface area contributed by atoms with Crippen LogP contribution in [0.25, 0.3) is 11.3 Å². The summed E-state index contributed by atoms with van der Waals surface area (Å²) in [6, 6.07) is 6.50. The van der Waals surface area contributed by atoms with Crippen LogP contribution >= 0.6 is 15.9 Å². The van der Waals surface area contributed by atoms with Gasteiger partial charge in [0.2, 0.25) is 0 Å². The first-order valence-corrected chi connectivity index (χ1v) is 6.77. The zero-order valence-electron chi connectivity index (χ0n) is 11.2. The number of hydrogen-bond donors (Lipinski definition) is 1. The topological polar surface area (TPSA) is 29.9 Å². The van der Waals surface area contributed by atoms with Crippen LogP contribution in [0.3, 0.4) is 0 Å². The maximum Gasteiger partial charge on any atom is 0.0910 e. The van der Waals surface area contributed by atoms with E-state index in [9.17, 15) is 0 Å². The third-order valence-electron chi connectivity index (χ3n) is 3.05. The summed E-state index contributed by atoms with van der Waals surface area (Å²) in [6.45, 7) is 5.01. The van der Waals surface area contributed by atoms with Crippen molar-refractivity contribution >= 4 is 15.9 Å².